The third kappa shape index (κ3) is 7.17. The Morgan fingerprint density at radius 2 is 1.76 bits per heavy atom. The number of ether oxygens (including phenoxy) is 2. The zero-order valence-electron chi connectivity index (χ0n) is 21.6. The summed E-state index contributed by atoms with van der Waals surface area (Å²) < 4.78 is 14.2. The number of anilines is 2. The Morgan fingerprint density at radius 1 is 1.00 bits per heavy atom. The molecule has 1 N–H and O–H groups in total. The van der Waals surface area contributed by atoms with E-state index in [0.29, 0.717) is 30.6 Å². The Hall–Kier alpha value is -3.29. The summed E-state index contributed by atoms with van der Waals surface area (Å²) in [6.45, 7) is 3.62. The number of carbonyl (C=O) groups is 2. The van der Waals surface area contributed by atoms with Gasteiger partial charge in [-0.3, -0.25) is 15.0 Å². The van der Waals surface area contributed by atoms with Gasteiger partial charge in [-0.2, -0.15) is 0 Å². The molecule has 0 spiro atoms. The second-order valence-corrected chi connectivity index (χ2v) is 12.4. The average Bonchev–Trinajstić information content (AvgIpc) is 3.32. The van der Waals surface area contributed by atoms with Crippen LogP contribution in [0, 0.1) is 7.14 Å². The summed E-state index contributed by atoms with van der Waals surface area (Å²) in [5, 5.41) is 3.36. The van der Waals surface area contributed by atoms with E-state index < -0.39 is 21.2 Å². The maximum absolute atomic E-state index is 12.8. The molecule has 0 unspecified atom stereocenters. The lowest BCUT2D eigenvalue weighted by molar-refractivity contribution is -0.597. The number of rotatable bonds is 10. The van der Waals surface area contributed by atoms with Crippen molar-refractivity contribution in [3.8, 4) is 5.75 Å². The topological polar surface area (TPSA) is 96.9 Å². The largest absolute Gasteiger partial charge is 0.491 e. The zero-order chi connectivity index (χ0) is 27.1. The molecule has 0 atom stereocenters. The van der Waals surface area contributed by atoms with Crippen LogP contribution in [0.4, 0.5) is 15.6 Å². The van der Waals surface area contributed by atoms with E-state index in [0.717, 1.165) is 25.2 Å². The highest BCUT2D eigenvalue weighted by atomic mass is 127. The lowest BCUT2D eigenvalue weighted by Gasteiger charge is -2.21. The molecule has 0 radical (unpaired) electrons. The van der Waals surface area contributed by atoms with Crippen molar-refractivity contribution in [2.24, 2.45) is 0 Å². The van der Waals surface area contributed by atoms with Crippen LogP contribution in [0.25, 0.3) is 10.2 Å². The van der Waals surface area contributed by atoms with Gasteiger partial charge < -0.3 is 14.4 Å². The fourth-order valence-corrected chi connectivity index (χ4v) is 6.37. The van der Waals surface area contributed by atoms with Gasteiger partial charge in [0, 0.05) is 33.4 Å². The van der Waals surface area contributed by atoms with Crippen molar-refractivity contribution in [1.82, 2.24) is 14.9 Å². The molecule has 0 saturated heterocycles. The molecule has 9 nitrogen and oxygen atoms in total. The van der Waals surface area contributed by atoms with Crippen molar-refractivity contribution >= 4 is 44.3 Å². The number of carbonyl (C=O) groups excluding carboxylic acids is 2. The summed E-state index contributed by atoms with van der Waals surface area (Å²) in [6.07, 6.45) is 1.75. The lowest BCUT2D eigenvalue weighted by Crippen LogP contribution is -3.61. The highest BCUT2D eigenvalue weighted by Crippen LogP contribution is 2.29. The number of aromatic nitrogens is 2. The number of pyridine rings is 1. The Balaban J connectivity index is 1.34. The fourth-order valence-electron chi connectivity index (χ4n) is 3.40. The first kappa shape index (κ1) is 27.7. The van der Waals surface area contributed by atoms with Gasteiger partial charge in [-0.15, -0.1) is 0 Å². The molecule has 2 aromatic heterocycles. The van der Waals surface area contributed by atoms with Crippen LogP contribution in [0.1, 0.15) is 17.4 Å². The number of benzene rings is 2. The highest BCUT2D eigenvalue weighted by molar-refractivity contribution is 7.22. The first-order valence-electron chi connectivity index (χ1n) is 11.9. The van der Waals surface area contributed by atoms with E-state index in [1.54, 1.807) is 43.2 Å². The number of halogens is 1. The number of thiazole rings is 1. The molecule has 4 rings (SSSR count). The van der Waals surface area contributed by atoms with E-state index in [-0.39, 0.29) is 11.9 Å². The number of nitrogens with one attached hydrogen (secondary N) is 1. The smallest absolute Gasteiger partial charge is 0.359 e. The normalized spacial score (nSPS) is 10.8. The Bertz CT molecular complexity index is 1390. The van der Waals surface area contributed by atoms with Crippen LogP contribution in [0.15, 0.2) is 60.8 Å². The van der Waals surface area contributed by atoms with Crippen LogP contribution in [0.5, 0.6) is 5.75 Å². The van der Waals surface area contributed by atoms with E-state index in [9.17, 15) is 9.59 Å². The summed E-state index contributed by atoms with van der Waals surface area (Å²) in [7, 11) is 5.21. The van der Waals surface area contributed by atoms with Crippen LogP contribution < -0.4 is 36.2 Å². The maximum atomic E-state index is 12.8. The second-order valence-electron chi connectivity index (χ2n) is 8.32. The van der Waals surface area contributed by atoms with Gasteiger partial charge >= 0.3 is 27.2 Å². The van der Waals surface area contributed by atoms with Crippen molar-refractivity contribution in [3.63, 3.8) is 0 Å². The van der Waals surface area contributed by atoms with Crippen LogP contribution in [0.3, 0.4) is 0 Å². The molecule has 0 bridgehead atoms. The molecule has 0 aliphatic rings. The van der Waals surface area contributed by atoms with Gasteiger partial charge in [0.05, 0.1) is 23.0 Å². The van der Waals surface area contributed by atoms with Crippen LogP contribution in [-0.4, -0.2) is 67.8 Å². The van der Waals surface area contributed by atoms with Crippen LogP contribution >= 0.6 is 11.3 Å². The molecule has 0 fully saturated rings. The van der Waals surface area contributed by atoms with Gasteiger partial charge in [-0.1, -0.05) is 11.3 Å². The molecule has 11 heteroatoms. The molecular formula is C27H29IN5O4S+. The number of fused-ring (bicyclic) bond motifs is 1. The molecule has 0 aliphatic carbocycles. The summed E-state index contributed by atoms with van der Waals surface area (Å²) in [5.41, 5.74) is 1.96. The summed E-state index contributed by atoms with van der Waals surface area (Å²) in [5.74, 6) is 0.433. The monoisotopic (exact) mass is 646 g/mol. The molecular weight excluding hydrogens is 617 g/mol. The average molecular weight is 647 g/mol. The van der Waals surface area contributed by atoms with E-state index in [4.69, 9.17) is 9.47 Å². The van der Waals surface area contributed by atoms with Crippen molar-refractivity contribution in [2.75, 3.05) is 51.2 Å². The summed E-state index contributed by atoms with van der Waals surface area (Å²) in [6, 6.07) is 17.2. The van der Waals surface area contributed by atoms with Gasteiger partial charge in [-0.05, 0) is 61.5 Å². The first-order chi connectivity index (χ1) is 18.3. The van der Waals surface area contributed by atoms with Crippen molar-refractivity contribution in [2.45, 2.75) is 6.92 Å². The molecule has 0 saturated carbocycles. The number of hydrogen-bond donors (Lipinski definition) is 1. The summed E-state index contributed by atoms with van der Waals surface area (Å²) >= 11 is 0.909. The quantitative estimate of drug-likeness (QED) is 0.208. The van der Waals surface area contributed by atoms with E-state index >= 15 is 0 Å². The van der Waals surface area contributed by atoms with E-state index in [2.05, 4.69) is 15.3 Å². The molecule has 198 valence electrons. The predicted octanol–water partition coefficient (Wildman–Crippen LogP) is 1.61. The summed E-state index contributed by atoms with van der Waals surface area (Å²) in [4.78, 5) is 36.9. The third-order valence-corrected chi connectivity index (χ3v) is 8.88. The van der Waals surface area contributed by atoms with Gasteiger partial charge in [0.25, 0.3) is 5.91 Å². The molecule has 0 aliphatic heterocycles. The van der Waals surface area contributed by atoms with Crippen molar-refractivity contribution in [3.05, 3.63) is 73.6 Å². The van der Waals surface area contributed by atoms with Crippen molar-refractivity contribution in [1.29, 1.82) is 0 Å². The Labute approximate surface area is 236 Å². The lowest BCUT2D eigenvalue weighted by atomic mass is 10.3. The first-order valence-corrected chi connectivity index (χ1v) is 14.9. The van der Waals surface area contributed by atoms with Gasteiger partial charge in [-0.25, -0.2) is 14.8 Å². The molecule has 2 heterocycles. The van der Waals surface area contributed by atoms with E-state index in [1.165, 1.54) is 14.9 Å². The van der Waals surface area contributed by atoms with Gasteiger partial charge in [0.1, 0.15) is 18.1 Å². The highest BCUT2D eigenvalue weighted by Gasteiger charge is 2.19. The minimum absolute atomic E-state index is 0.0801. The number of hydrogen-bond acceptors (Lipinski definition) is 7. The standard InChI is InChI=1S/C27H28IN5O4S/c1-5-36-14-15-37-21-11-13-22-24(16-21)38-26(30-22)31-25(34)23-12-8-19(17-29-23)28-18-6-9-20(10-7-18)33(4)27(35)32(2)3/h6-13,16-17H,5,14-15H2,1-4H3/p+1. The van der Waals surface area contributed by atoms with Gasteiger partial charge in [0.15, 0.2) is 8.70 Å². The predicted molar refractivity (Wildman–Crippen MR) is 145 cm³/mol. The minimum Gasteiger partial charge on any atom is -0.491 e. The molecule has 4 aromatic rings. The number of nitrogens with zero attached hydrogens (tertiary/aromatic N) is 4. The third-order valence-electron chi connectivity index (χ3n) is 5.34. The Kier molecular flexibility index (Phi) is 9.48. The van der Waals surface area contributed by atoms with E-state index in [1.807, 2.05) is 55.5 Å². The Morgan fingerprint density at radius 3 is 2.45 bits per heavy atom. The molecule has 2 aromatic carbocycles. The SMILES string of the molecule is CCOCCOc1ccc2nc(NC(=O)c3ccc([I+]c4ccc(N(C)C(=O)N(C)C)cc4)cn3)sc2c1. The van der Waals surface area contributed by atoms with Crippen molar-refractivity contribution < 1.29 is 40.3 Å². The maximum Gasteiger partial charge on any atom is 0.359 e. The van der Waals surface area contributed by atoms with Gasteiger partial charge in [0.2, 0.25) is 3.57 Å². The number of urea groups is 1. The molecule has 3 amide bonds. The van der Waals surface area contributed by atoms with Crippen LogP contribution in [-0.2, 0) is 4.74 Å². The molecule has 38 heavy (non-hydrogen) atoms. The zero-order valence-corrected chi connectivity index (χ0v) is 24.6. The second kappa shape index (κ2) is 13.0. The fraction of sp³-hybridized carbons (Fsp3) is 0.259. The minimum atomic E-state index is -0.477. The number of amides is 3. The van der Waals surface area contributed by atoms with Crippen LogP contribution in [0.2, 0.25) is 0 Å².